The Labute approximate surface area is 228 Å². The summed E-state index contributed by atoms with van der Waals surface area (Å²) in [5.41, 5.74) is 4.09. The molecule has 0 aliphatic rings. The second-order valence-electron chi connectivity index (χ2n) is 12.9. The van der Waals surface area contributed by atoms with Crippen LogP contribution in [0.5, 0.6) is 0 Å². The van der Waals surface area contributed by atoms with E-state index in [2.05, 4.69) is 115 Å². The van der Waals surface area contributed by atoms with Crippen molar-refractivity contribution in [2.75, 3.05) is 31.2 Å². The van der Waals surface area contributed by atoms with Crippen molar-refractivity contribution in [1.82, 2.24) is 0 Å². The topological polar surface area (TPSA) is 45.5 Å². The molecule has 0 N–H and O–H groups in total. The minimum Gasteiger partial charge on any atom is -0.415 e. The monoisotopic (exact) mass is 536 g/mol. The van der Waals surface area contributed by atoms with E-state index < -0.39 is 16.6 Å². The van der Waals surface area contributed by atoms with Gasteiger partial charge in [0.15, 0.2) is 16.6 Å². The summed E-state index contributed by atoms with van der Waals surface area (Å²) >= 11 is 0. The van der Waals surface area contributed by atoms with Crippen LogP contribution in [0.25, 0.3) is 12.2 Å². The molecule has 0 spiro atoms. The van der Waals surface area contributed by atoms with Crippen molar-refractivity contribution < 1.29 is 8.85 Å². The summed E-state index contributed by atoms with van der Waals surface area (Å²) in [7, 11) is -3.59. The first-order valence-electron chi connectivity index (χ1n) is 13.4. The Morgan fingerprint density at radius 3 is 1.43 bits per heavy atom. The quantitative estimate of drug-likeness (QED) is 0.213. The minimum atomic E-state index is -1.79. The number of nitrogens with zero attached hydrogens (tertiary/aromatic N) is 2. The van der Waals surface area contributed by atoms with Crippen molar-refractivity contribution in [3.63, 3.8) is 0 Å². The van der Waals surface area contributed by atoms with Crippen molar-refractivity contribution in [3.8, 4) is 6.07 Å². The summed E-state index contributed by atoms with van der Waals surface area (Å²) in [6.45, 7) is 26.1. The molecule has 37 heavy (non-hydrogen) atoms. The van der Waals surface area contributed by atoms with Gasteiger partial charge in [0.2, 0.25) is 0 Å². The highest BCUT2D eigenvalue weighted by Crippen LogP contribution is 2.37. The highest BCUT2D eigenvalue weighted by atomic mass is 28.4. The molecule has 0 saturated heterocycles. The van der Waals surface area contributed by atoms with Crippen molar-refractivity contribution in [3.05, 3.63) is 65.2 Å². The van der Waals surface area contributed by atoms with E-state index in [1.54, 1.807) is 0 Å². The third kappa shape index (κ3) is 9.26. The van der Waals surface area contributed by atoms with E-state index in [9.17, 15) is 0 Å². The summed E-state index contributed by atoms with van der Waals surface area (Å²) in [6, 6.07) is 18.5. The molecule has 0 radical (unpaired) electrons. The lowest BCUT2D eigenvalue weighted by atomic mass is 10.1. The zero-order valence-corrected chi connectivity index (χ0v) is 26.8. The molecule has 202 valence electrons. The van der Waals surface area contributed by atoms with Gasteiger partial charge in [0, 0.05) is 18.8 Å². The molecule has 0 fully saturated rings. The van der Waals surface area contributed by atoms with Crippen molar-refractivity contribution in [2.24, 2.45) is 0 Å². The summed E-state index contributed by atoms with van der Waals surface area (Å²) in [5.74, 6) is 0. The number of benzene rings is 2. The van der Waals surface area contributed by atoms with Gasteiger partial charge < -0.3 is 13.8 Å². The summed E-state index contributed by atoms with van der Waals surface area (Å²) in [5, 5.41) is 9.38. The second-order valence-corrected chi connectivity index (χ2v) is 22.5. The first-order chi connectivity index (χ1) is 17.1. The van der Waals surface area contributed by atoms with Crippen LogP contribution >= 0.6 is 0 Å². The zero-order chi connectivity index (χ0) is 27.9. The molecule has 4 nitrogen and oxygen atoms in total. The number of hydrogen-bond acceptors (Lipinski definition) is 4. The van der Waals surface area contributed by atoms with Crippen molar-refractivity contribution in [1.29, 1.82) is 5.26 Å². The summed E-state index contributed by atoms with van der Waals surface area (Å²) in [6.07, 6.45) is 4.19. The van der Waals surface area contributed by atoms with E-state index in [-0.39, 0.29) is 10.1 Å². The SMILES string of the molecule is CC(C)(C)[Si](C)(C)OCCN(CCO[Si](C)(C)C(C)(C)C)c1ccc(C=Cc2ccc(C#N)cc2)cc1. The number of nitriles is 1. The molecule has 0 aliphatic heterocycles. The summed E-state index contributed by atoms with van der Waals surface area (Å²) in [4.78, 5) is 2.40. The van der Waals surface area contributed by atoms with Crippen LogP contribution in [0.4, 0.5) is 5.69 Å². The van der Waals surface area contributed by atoms with Crippen LogP contribution in [0.15, 0.2) is 48.5 Å². The molecule has 0 aromatic heterocycles. The van der Waals surface area contributed by atoms with Gasteiger partial charge >= 0.3 is 0 Å². The van der Waals surface area contributed by atoms with Gasteiger partial charge in [-0.3, -0.25) is 0 Å². The normalized spacial score (nSPS) is 13.1. The van der Waals surface area contributed by atoms with Crippen LogP contribution < -0.4 is 4.90 Å². The van der Waals surface area contributed by atoms with Gasteiger partial charge in [-0.05, 0) is 71.7 Å². The average molecular weight is 537 g/mol. The zero-order valence-electron chi connectivity index (χ0n) is 24.8. The Morgan fingerprint density at radius 1 is 0.703 bits per heavy atom. The molecular formula is C31H48N2O2Si2. The first-order valence-corrected chi connectivity index (χ1v) is 19.2. The van der Waals surface area contributed by atoms with Gasteiger partial charge in [-0.15, -0.1) is 0 Å². The fourth-order valence-electron chi connectivity index (χ4n) is 3.28. The van der Waals surface area contributed by atoms with E-state index >= 15 is 0 Å². The largest absolute Gasteiger partial charge is 0.415 e. The average Bonchev–Trinajstić information content (AvgIpc) is 2.81. The predicted octanol–water partition coefficient (Wildman–Crippen LogP) is 8.58. The maximum atomic E-state index is 8.98. The summed E-state index contributed by atoms with van der Waals surface area (Å²) < 4.78 is 13.0. The van der Waals surface area contributed by atoms with Crippen LogP contribution in [0.1, 0.15) is 58.2 Å². The van der Waals surface area contributed by atoms with Crippen molar-refractivity contribution in [2.45, 2.75) is 77.8 Å². The molecule has 0 amide bonds. The van der Waals surface area contributed by atoms with Crippen LogP contribution in [0.2, 0.25) is 36.3 Å². The maximum absolute atomic E-state index is 8.98. The number of rotatable bonds is 11. The molecular weight excluding hydrogens is 489 g/mol. The lowest BCUT2D eigenvalue weighted by Crippen LogP contribution is -2.44. The molecule has 2 rings (SSSR count). The Bertz CT molecular complexity index is 1020. The molecule has 0 unspecified atom stereocenters. The van der Waals surface area contributed by atoms with Gasteiger partial charge in [-0.2, -0.15) is 5.26 Å². The molecule has 0 saturated carbocycles. The third-order valence-corrected chi connectivity index (χ3v) is 17.1. The van der Waals surface area contributed by atoms with Crippen molar-refractivity contribution >= 4 is 34.5 Å². The van der Waals surface area contributed by atoms with Gasteiger partial charge in [0.1, 0.15) is 0 Å². The van der Waals surface area contributed by atoms with Crippen LogP contribution in [-0.4, -0.2) is 42.9 Å². The van der Waals surface area contributed by atoms with Crippen LogP contribution in [0.3, 0.4) is 0 Å². The molecule has 0 heterocycles. The lowest BCUT2D eigenvalue weighted by Gasteiger charge is -2.38. The minimum absolute atomic E-state index is 0.201. The standard InChI is InChI=1S/C31H48N2O2Si2/c1-30(2,3)36(7,8)34-23-21-33(22-24-35-37(9,10)31(4,5)6)29-19-17-27(18-20-29)12-11-26-13-15-28(25-32)16-14-26/h11-20H,21-24H2,1-10H3. The maximum Gasteiger partial charge on any atom is 0.192 e. The van der Waals surface area contributed by atoms with E-state index in [1.807, 2.05) is 24.3 Å². The van der Waals surface area contributed by atoms with E-state index in [0.29, 0.717) is 5.56 Å². The first kappa shape index (κ1) is 31.0. The number of hydrogen-bond donors (Lipinski definition) is 0. The molecule has 0 atom stereocenters. The van der Waals surface area contributed by atoms with Crippen LogP contribution in [-0.2, 0) is 8.85 Å². The van der Waals surface area contributed by atoms with E-state index in [4.69, 9.17) is 14.1 Å². The Morgan fingerprint density at radius 2 is 1.08 bits per heavy atom. The molecule has 0 bridgehead atoms. The van der Waals surface area contributed by atoms with Gasteiger partial charge in [0.05, 0.1) is 24.8 Å². The lowest BCUT2D eigenvalue weighted by molar-refractivity contribution is 0.276. The smallest absolute Gasteiger partial charge is 0.192 e. The van der Waals surface area contributed by atoms with E-state index in [0.717, 1.165) is 37.4 Å². The molecule has 6 heteroatoms. The number of anilines is 1. The fourth-order valence-corrected chi connectivity index (χ4v) is 5.35. The van der Waals surface area contributed by atoms with Gasteiger partial charge in [-0.1, -0.05) is 78.0 Å². The highest BCUT2D eigenvalue weighted by molar-refractivity contribution is 6.74. The Balaban J connectivity index is 2.12. The van der Waals surface area contributed by atoms with Gasteiger partial charge in [0.25, 0.3) is 0 Å². The predicted molar refractivity (Wildman–Crippen MR) is 165 cm³/mol. The highest BCUT2D eigenvalue weighted by Gasteiger charge is 2.38. The van der Waals surface area contributed by atoms with Gasteiger partial charge in [-0.25, -0.2) is 0 Å². The van der Waals surface area contributed by atoms with E-state index in [1.165, 1.54) is 5.69 Å². The molecule has 2 aromatic carbocycles. The fraction of sp³-hybridized carbons (Fsp3) is 0.516. The Kier molecular flexibility index (Phi) is 10.6. The second kappa shape index (κ2) is 12.6. The Hall–Kier alpha value is -2.18. The molecule has 0 aliphatic carbocycles. The molecule has 2 aromatic rings. The van der Waals surface area contributed by atoms with Crippen LogP contribution in [0, 0.1) is 11.3 Å². The third-order valence-electron chi connectivity index (χ3n) is 8.03.